The first kappa shape index (κ1) is 17.5. The Morgan fingerprint density at radius 3 is 2.07 bits per heavy atom. The van der Waals surface area contributed by atoms with E-state index in [9.17, 15) is 0 Å². The van der Waals surface area contributed by atoms with E-state index in [-0.39, 0.29) is 0 Å². The predicted octanol–water partition coefficient (Wildman–Crippen LogP) is 6.68. The third-order valence-electron chi connectivity index (χ3n) is 4.81. The van der Waals surface area contributed by atoms with Gasteiger partial charge in [0.2, 0.25) is 0 Å². The van der Waals surface area contributed by atoms with Gasteiger partial charge in [-0.1, -0.05) is 72.3 Å². The van der Waals surface area contributed by atoms with E-state index in [2.05, 4.69) is 23.2 Å². The third-order valence-corrected chi connectivity index (χ3v) is 5.06. The first-order valence-corrected chi connectivity index (χ1v) is 9.70. The average molecular weight is 394 g/mol. The normalized spacial score (nSPS) is 10.9. The molecule has 0 spiro atoms. The Labute approximate surface area is 173 Å². The number of nitrogens with zero attached hydrogens (tertiary/aromatic N) is 3. The van der Waals surface area contributed by atoms with Crippen molar-refractivity contribution < 1.29 is 0 Å². The molecule has 5 aromatic rings. The molecule has 0 saturated carbocycles. The van der Waals surface area contributed by atoms with Gasteiger partial charge < -0.3 is 0 Å². The fourth-order valence-electron chi connectivity index (χ4n) is 3.34. The lowest BCUT2D eigenvalue weighted by Gasteiger charge is -2.09. The van der Waals surface area contributed by atoms with Crippen LogP contribution < -0.4 is 0 Å². The Bertz CT molecular complexity index is 1280. The molecule has 0 amide bonds. The Morgan fingerprint density at radius 1 is 0.586 bits per heavy atom. The second kappa shape index (κ2) is 7.46. The molecule has 0 unspecified atom stereocenters. The number of aromatic nitrogens is 3. The van der Waals surface area contributed by atoms with Crippen LogP contribution >= 0.6 is 11.6 Å². The number of para-hydroxylation sites is 1. The van der Waals surface area contributed by atoms with Crippen molar-refractivity contribution in [2.45, 2.75) is 0 Å². The van der Waals surface area contributed by atoms with Crippen molar-refractivity contribution in [3.8, 4) is 33.9 Å². The van der Waals surface area contributed by atoms with Gasteiger partial charge in [-0.15, -0.1) is 0 Å². The van der Waals surface area contributed by atoms with Gasteiger partial charge in [0.05, 0.1) is 16.9 Å². The SMILES string of the molecule is Clc1ccc(-c2ccc(-c3nc(-c4ccccc4)c4ccccc4n3)cn2)cc1. The largest absolute Gasteiger partial charge is 0.255 e. The van der Waals surface area contributed by atoms with Gasteiger partial charge in [-0.05, 0) is 30.3 Å². The van der Waals surface area contributed by atoms with E-state index in [4.69, 9.17) is 21.6 Å². The Hall–Kier alpha value is -3.56. The number of hydrogen-bond donors (Lipinski definition) is 0. The van der Waals surface area contributed by atoms with Crippen LogP contribution in [0.2, 0.25) is 5.02 Å². The van der Waals surface area contributed by atoms with Gasteiger partial charge in [0.25, 0.3) is 0 Å². The maximum absolute atomic E-state index is 5.98. The average Bonchev–Trinajstić information content (AvgIpc) is 2.79. The number of pyridine rings is 1. The Balaban J connectivity index is 1.61. The van der Waals surface area contributed by atoms with E-state index in [0.717, 1.165) is 39.0 Å². The van der Waals surface area contributed by atoms with Gasteiger partial charge in [0.15, 0.2) is 5.82 Å². The summed E-state index contributed by atoms with van der Waals surface area (Å²) in [7, 11) is 0. The van der Waals surface area contributed by atoms with Crippen LogP contribution in [0.1, 0.15) is 0 Å². The summed E-state index contributed by atoms with van der Waals surface area (Å²) in [6.45, 7) is 0. The molecule has 0 aliphatic carbocycles. The molecular weight excluding hydrogens is 378 g/mol. The molecule has 0 bridgehead atoms. The van der Waals surface area contributed by atoms with Crippen molar-refractivity contribution >= 4 is 22.5 Å². The van der Waals surface area contributed by atoms with E-state index < -0.39 is 0 Å². The molecule has 5 rings (SSSR count). The molecule has 4 heteroatoms. The minimum Gasteiger partial charge on any atom is -0.255 e. The topological polar surface area (TPSA) is 38.7 Å². The highest BCUT2D eigenvalue weighted by atomic mass is 35.5. The maximum atomic E-state index is 5.98. The van der Waals surface area contributed by atoms with Crippen LogP contribution in [0.3, 0.4) is 0 Å². The van der Waals surface area contributed by atoms with Crippen LogP contribution in [0.5, 0.6) is 0 Å². The van der Waals surface area contributed by atoms with Gasteiger partial charge in [0, 0.05) is 33.3 Å². The second-order valence-corrected chi connectivity index (χ2v) is 7.15. The molecule has 2 heterocycles. The van der Waals surface area contributed by atoms with Gasteiger partial charge in [-0.25, -0.2) is 9.97 Å². The van der Waals surface area contributed by atoms with Crippen LogP contribution in [-0.2, 0) is 0 Å². The van der Waals surface area contributed by atoms with Crippen LogP contribution in [0.4, 0.5) is 0 Å². The van der Waals surface area contributed by atoms with E-state index in [0.29, 0.717) is 10.8 Å². The molecule has 0 radical (unpaired) electrons. The molecule has 3 aromatic carbocycles. The van der Waals surface area contributed by atoms with Crippen molar-refractivity contribution in [2.75, 3.05) is 0 Å². The Morgan fingerprint density at radius 2 is 1.31 bits per heavy atom. The summed E-state index contributed by atoms with van der Waals surface area (Å²) in [5, 5.41) is 1.75. The molecule has 0 aliphatic rings. The number of benzene rings is 3. The van der Waals surface area contributed by atoms with E-state index >= 15 is 0 Å². The predicted molar refractivity (Wildman–Crippen MR) is 119 cm³/mol. The molecule has 29 heavy (non-hydrogen) atoms. The zero-order valence-corrected chi connectivity index (χ0v) is 16.2. The quantitative estimate of drug-likeness (QED) is 0.343. The number of fused-ring (bicyclic) bond motifs is 1. The van der Waals surface area contributed by atoms with Crippen molar-refractivity contribution in [3.63, 3.8) is 0 Å². The molecule has 0 saturated heterocycles. The summed E-state index contributed by atoms with van der Waals surface area (Å²) in [6.07, 6.45) is 1.82. The van der Waals surface area contributed by atoms with Gasteiger partial charge >= 0.3 is 0 Å². The smallest absolute Gasteiger partial charge is 0.161 e. The summed E-state index contributed by atoms with van der Waals surface area (Å²) >= 11 is 5.98. The van der Waals surface area contributed by atoms with Crippen LogP contribution in [0.25, 0.3) is 44.8 Å². The first-order valence-electron chi connectivity index (χ1n) is 9.32. The lowest BCUT2D eigenvalue weighted by Crippen LogP contribution is -1.95. The van der Waals surface area contributed by atoms with Gasteiger partial charge in [-0.3, -0.25) is 4.98 Å². The standard InChI is InChI=1S/C25H16ClN3/c26-20-13-10-17(11-14-20)22-15-12-19(16-27-22)25-28-23-9-5-4-8-21(23)24(29-25)18-6-2-1-3-7-18/h1-16H. The minimum absolute atomic E-state index is 0.665. The fraction of sp³-hybridized carbons (Fsp3) is 0. The highest BCUT2D eigenvalue weighted by molar-refractivity contribution is 6.30. The summed E-state index contributed by atoms with van der Waals surface area (Å²) in [4.78, 5) is 14.3. The van der Waals surface area contributed by atoms with Crippen molar-refractivity contribution in [1.82, 2.24) is 15.0 Å². The highest BCUT2D eigenvalue weighted by Gasteiger charge is 2.11. The molecule has 138 valence electrons. The van der Waals surface area contributed by atoms with E-state index in [1.165, 1.54) is 0 Å². The Kier molecular flexibility index (Phi) is 4.51. The summed E-state index contributed by atoms with van der Waals surface area (Å²) in [5.74, 6) is 0.665. The van der Waals surface area contributed by atoms with Gasteiger partial charge in [-0.2, -0.15) is 0 Å². The highest BCUT2D eigenvalue weighted by Crippen LogP contribution is 2.29. The zero-order valence-electron chi connectivity index (χ0n) is 15.5. The summed E-state index contributed by atoms with van der Waals surface area (Å²) < 4.78 is 0. The molecular formula is C25H16ClN3. The van der Waals surface area contributed by atoms with Crippen molar-refractivity contribution in [1.29, 1.82) is 0 Å². The van der Waals surface area contributed by atoms with E-state index in [1.54, 1.807) is 0 Å². The monoisotopic (exact) mass is 393 g/mol. The molecule has 0 N–H and O–H groups in total. The van der Waals surface area contributed by atoms with E-state index in [1.807, 2.05) is 79.0 Å². The maximum Gasteiger partial charge on any atom is 0.161 e. The molecule has 3 nitrogen and oxygen atoms in total. The first-order chi connectivity index (χ1) is 14.3. The molecule has 0 fully saturated rings. The lowest BCUT2D eigenvalue weighted by molar-refractivity contribution is 1.21. The van der Waals surface area contributed by atoms with Crippen LogP contribution in [0, 0.1) is 0 Å². The van der Waals surface area contributed by atoms with Crippen molar-refractivity contribution in [2.24, 2.45) is 0 Å². The zero-order chi connectivity index (χ0) is 19.6. The summed E-state index contributed by atoms with van der Waals surface area (Å²) in [5.41, 5.74) is 5.69. The third kappa shape index (κ3) is 3.48. The fourth-order valence-corrected chi connectivity index (χ4v) is 3.47. The molecule has 2 aromatic heterocycles. The lowest BCUT2D eigenvalue weighted by atomic mass is 10.1. The van der Waals surface area contributed by atoms with Gasteiger partial charge in [0.1, 0.15) is 0 Å². The van der Waals surface area contributed by atoms with Crippen LogP contribution in [0.15, 0.2) is 97.2 Å². The molecule has 0 atom stereocenters. The number of halogens is 1. The number of hydrogen-bond acceptors (Lipinski definition) is 3. The van der Waals surface area contributed by atoms with Crippen LogP contribution in [-0.4, -0.2) is 15.0 Å². The second-order valence-electron chi connectivity index (χ2n) is 6.72. The number of rotatable bonds is 3. The minimum atomic E-state index is 0.665. The molecule has 0 aliphatic heterocycles. The van der Waals surface area contributed by atoms with Crippen molar-refractivity contribution in [3.05, 3.63) is 102 Å². The summed E-state index contributed by atoms with van der Waals surface area (Å²) in [6, 6.07) is 29.9.